The third-order valence-electron chi connectivity index (χ3n) is 3.51. The van der Waals surface area contributed by atoms with Gasteiger partial charge in [-0.3, -0.25) is 4.79 Å². The Balaban J connectivity index is 2.04. The second-order valence-electron chi connectivity index (χ2n) is 5.26. The summed E-state index contributed by atoms with van der Waals surface area (Å²) in [5, 5.41) is 3.16. The van der Waals surface area contributed by atoms with E-state index in [1.54, 1.807) is 45.0 Å². The number of rotatable bonds is 4. The van der Waals surface area contributed by atoms with E-state index in [0.29, 0.717) is 27.8 Å². The Kier molecular flexibility index (Phi) is 5.11. The van der Waals surface area contributed by atoms with Crippen molar-refractivity contribution in [3.05, 3.63) is 51.9 Å². The number of halogens is 1. The molecule has 0 saturated heterocycles. The van der Waals surface area contributed by atoms with E-state index in [9.17, 15) is 9.59 Å². The van der Waals surface area contributed by atoms with Crippen LogP contribution in [-0.4, -0.2) is 18.0 Å². The molecule has 0 fully saturated rings. The van der Waals surface area contributed by atoms with Crippen LogP contribution < -0.4 is 5.32 Å². The summed E-state index contributed by atoms with van der Waals surface area (Å²) < 4.78 is 10.6. The largest absolute Gasteiger partial charge is 0.465 e. The van der Waals surface area contributed by atoms with Gasteiger partial charge >= 0.3 is 5.97 Å². The van der Waals surface area contributed by atoms with Crippen LogP contribution in [0.15, 0.2) is 28.7 Å². The number of esters is 1. The van der Waals surface area contributed by atoms with Gasteiger partial charge in [0.05, 0.1) is 0 Å². The van der Waals surface area contributed by atoms with Crippen LogP contribution in [0.4, 0.5) is 5.69 Å². The van der Waals surface area contributed by atoms with Gasteiger partial charge in [-0.25, -0.2) is 4.79 Å². The first-order valence-electron chi connectivity index (χ1n) is 7.13. The van der Waals surface area contributed by atoms with E-state index in [1.165, 1.54) is 6.92 Å². The van der Waals surface area contributed by atoms with Crippen molar-refractivity contribution in [1.82, 2.24) is 0 Å². The lowest BCUT2D eigenvalue weighted by Gasteiger charge is -2.13. The monoisotopic (exact) mass is 335 g/mol. The number of carbonyl (C=O) groups excluding carboxylic acids is 2. The molecule has 6 heteroatoms. The fourth-order valence-electron chi connectivity index (χ4n) is 2.18. The molecule has 2 aromatic rings. The molecule has 1 heterocycles. The van der Waals surface area contributed by atoms with Crippen LogP contribution >= 0.6 is 11.6 Å². The van der Waals surface area contributed by atoms with Crippen LogP contribution in [0.25, 0.3) is 0 Å². The van der Waals surface area contributed by atoms with Gasteiger partial charge in [-0.1, -0.05) is 17.7 Å². The van der Waals surface area contributed by atoms with Gasteiger partial charge in [0.1, 0.15) is 17.1 Å². The van der Waals surface area contributed by atoms with Crippen molar-refractivity contribution in [2.24, 2.45) is 0 Å². The van der Waals surface area contributed by atoms with Crippen LogP contribution in [0.3, 0.4) is 0 Å². The lowest BCUT2D eigenvalue weighted by Crippen LogP contribution is -2.30. The molecule has 1 amide bonds. The van der Waals surface area contributed by atoms with E-state index in [2.05, 4.69) is 5.32 Å². The normalized spacial score (nSPS) is 11.9. The van der Waals surface area contributed by atoms with Gasteiger partial charge in [0, 0.05) is 16.3 Å². The lowest BCUT2D eigenvalue weighted by molar-refractivity contribution is -0.123. The zero-order valence-corrected chi connectivity index (χ0v) is 14.2. The second-order valence-corrected chi connectivity index (χ2v) is 5.70. The zero-order chi connectivity index (χ0) is 17.1. The summed E-state index contributed by atoms with van der Waals surface area (Å²) >= 11 is 5.86. The minimum atomic E-state index is -0.949. The first kappa shape index (κ1) is 17.1. The van der Waals surface area contributed by atoms with Crippen molar-refractivity contribution in [2.75, 3.05) is 5.32 Å². The van der Waals surface area contributed by atoms with E-state index < -0.39 is 18.0 Å². The predicted octanol–water partition coefficient (Wildman–Crippen LogP) is 4.04. The summed E-state index contributed by atoms with van der Waals surface area (Å²) in [4.78, 5) is 24.3. The maximum atomic E-state index is 12.2. The van der Waals surface area contributed by atoms with E-state index in [4.69, 9.17) is 20.8 Å². The highest BCUT2D eigenvalue weighted by Crippen LogP contribution is 2.22. The van der Waals surface area contributed by atoms with Crippen molar-refractivity contribution in [3.8, 4) is 0 Å². The Hall–Kier alpha value is -2.27. The molecule has 0 bridgehead atoms. The van der Waals surface area contributed by atoms with Gasteiger partial charge in [-0.05, 0) is 45.9 Å². The fourth-order valence-corrected chi connectivity index (χ4v) is 2.37. The number of carbonyl (C=O) groups is 2. The molecule has 0 spiro atoms. The van der Waals surface area contributed by atoms with E-state index >= 15 is 0 Å². The number of hydrogen-bond acceptors (Lipinski definition) is 4. The first-order chi connectivity index (χ1) is 10.8. The molecule has 2 rings (SSSR count). The number of nitrogens with one attached hydrogen (secondary N) is 1. The lowest BCUT2D eigenvalue weighted by atomic mass is 10.1. The number of benzene rings is 1. The van der Waals surface area contributed by atoms with Crippen LogP contribution in [0.2, 0.25) is 5.02 Å². The quantitative estimate of drug-likeness (QED) is 0.856. The predicted molar refractivity (Wildman–Crippen MR) is 87.9 cm³/mol. The Morgan fingerprint density at radius 1 is 1.22 bits per heavy atom. The molecule has 1 aromatic carbocycles. The molecule has 1 atom stereocenters. The Morgan fingerprint density at radius 3 is 2.48 bits per heavy atom. The average Bonchev–Trinajstić information content (AvgIpc) is 2.71. The van der Waals surface area contributed by atoms with Gasteiger partial charge in [0.2, 0.25) is 0 Å². The van der Waals surface area contributed by atoms with Crippen LogP contribution in [-0.2, 0) is 9.53 Å². The van der Waals surface area contributed by atoms with Crippen molar-refractivity contribution in [3.63, 3.8) is 0 Å². The van der Waals surface area contributed by atoms with Crippen LogP contribution in [0, 0.1) is 20.8 Å². The second kappa shape index (κ2) is 6.87. The molecular weight excluding hydrogens is 318 g/mol. The van der Waals surface area contributed by atoms with Crippen molar-refractivity contribution in [1.29, 1.82) is 0 Å². The Labute approximate surface area is 139 Å². The van der Waals surface area contributed by atoms with Gasteiger partial charge in [-0.2, -0.15) is 0 Å². The summed E-state index contributed by atoms with van der Waals surface area (Å²) in [5.74, 6) is 0.125. The van der Waals surface area contributed by atoms with Crippen molar-refractivity contribution >= 4 is 29.2 Å². The Bertz CT molecular complexity index is 751. The molecule has 23 heavy (non-hydrogen) atoms. The molecule has 5 nitrogen and oxygen atoms in total. The molecule has 0 radical (unpaired) electrons. The van der Waals surface area contributed by atoms with Gasteiger partial charge < -0.3 is 14.5 Å². The third kappa shape index (κ3) is 3.93. The number of hydrogen-bond donors (Lipinski definition) is 1. The summed E-state index contributed by atoms with van der Waals surface area (Å²) in [6, 6.07) is 6.73. The maximum absolute atomic E-state index is 12.2. The summed E-state index contributed by atoms with van der Waals surface area (Å²) in [6.07, 6.45) is -0.949. The standard InChI is InChI=1S/C17H18ClNO4/c1-9-10(2)22-11(3)15(9)17(21)23-12(4)16(20)19-14-7-5-6-13(18)8-14/h5-8,12H,1-4H3,(H,19,20)/t12-/m1/s1. The number of furan rings is 1. The van der Waals surface area contributed by atoms with Crippen LogP contribution in [0.1, 0.15) is 34.4 Å². The SMILES string of the molecule is Cc1oc(C)c(C(=O)O[C@H](C)C(=O)Nc2cccc(Cl)c2)c1C. The van der Waals surface area contributed by atoms with Gasteiger partial charge in [0.25, 0.3) is 5.91 Å². The zero-order valence-electron chi connectivity index (χ0n) is 13.4. The highest BCUT2D eigenvalue weighted by molar-refractivity contribution is 6.30. The maximum Gasteiger partial charge on any atom is 0.342 e. The molecular formula is C17H18ClNO4. The number of amides is 1. The van der Waals surface area contributed by atoms with Gasteiger partial charge in [-0.15, -0.1) is 0 Å². The molecule has 0 unspecified atom stereocenters. The molecule has 1 N–H and O–H groups in total. The summed E-state index contributed by atoms with van der Waals surface area (Å²) in [6.45, 7) is 6.75. The van der Waals surface area contributed by atoms with E-state index in [1.807, 2.05) is 0 Å². The topological polar surface area (TPSA) is 68.5 Å². The molecule has 122 valence electrons. The Morgan fingerprint density at radius 2 is 1.91 bits per heavy atom. The minimum absolute atomic E-state index is 0.366. The minimum Gasteiger partial charge on any atom is -0.465 e. The van der Waals surface area contributed by atoms with Crippen molar-refractivity contribution in [2.45, 2.75) is 33.8 Å². The summed E-state index contributed by atoms with van der Waals surface area (Å²) in [5.41, 5.74) is 1.62. The van der Waals surface area contributed by atoms with E-state index in [0.717, 1.165) is 5.56 Å². The smallest absolute Gasteiger partial charge is 0.342 e. The third-order valence-corrected chi connectivity index (χ3v) is 3.75. The average molecular weight is 336 g/mol. The fraction of sp³-hybridized carbons (Fsp3) is 0.294. The van der Waals surface area contributed by atoms with Gasteiger partial charge in [0.15, 0.2) is 6.10 Å². The molecule has 0 aliphatic heterocycles. The molecule has 1 aromatic heterocycles. The van der Waals surface area contributed by atoms with Crippen LogP contribution in [0.5, 0.6) is 0 Å². The highest BCUT2D eigenvalue weighted by Gasteiger charge is 2.24. The molecule has 0 aliphatic rings. The van der Waals surface area contributed by atoms with E-state index in [-0.39, 0.29) is 0 Å². The number of aryl methyl sites for hydroxylation is 2. The summed E-state index contributed by atoms with van der Waals surface area (Å²) in [7, 11) is 0. The highest BCUT2D eigenvalue weighted by atomic mass is 35.5. The van der Waals surface area contributed by atoms with Crippen molar-refractivity contribution < 1.29 is 18.7 Å². The number of anilines is 1. The number of ether oxygens (including phenoxy) is 1. The molecule has 0 saturated carbocycles. The first-order valence-corrected chi connectivity index (χ1v) is 7.51. The molecule has 0 aliphatic carbocycles.